The lowest BCUT2D eigenvalue weighted by molar-refractivity contribution is -0.116. The van der Waals surface area contributed by atoms with E-state index in [0.29, 0.717) is 11.7 Å². The van der Waals surface area contributed by atoms with Gasteiger partial charge < -0.3 is 10.1 Å². The van der Waals surface area contributed by atoms with Crippen LogP contribution in [-0.4, -0.2) is 16.0 Å². The van der Waals surface area contributed by atoms with Gasteiger partial charge in [0.05, 0.1) is 10.7 Å². The van der Waals surface area contributed by atoms with Crippen LogP contribution in [0.2, 0.25) is 0 Å². The highest BCUT2D eigenvalue weighted by Crippen LogP contribution is 2.18. The molecule has 1 amide bonds. The summed E-state index contributed by atoms with van der Waals surface area (Å²) in [6.45, 7) is 6.45. The highest BCUT2D eigenvalue weighted by Gasteiger charge is 2.04. The molecule has 0 aliphatic carbocycles. The highest BCUT2D eigenvalue weighted by molar-refractivity contribution is 7.80. The van der Waals surface area contributed by atoms with Crippen molar-refractivity contribution >= 4 is 46.3 Å². The average Bonchev–Trinajstić information content (AvgIpc) is 3.18. The number of thiocarbonyl (C=S) groups is 1. The van der Waals surface area contributed by atoms with Crippen LogP contribution in [-0.2, 0) is 11.4 Å². The second-order valence-corrected chi connectivity index (χ2v) is 8.34. The van der Waals surface area contributed by atoms with Gasteiger partial charge in [0.2, 0.25) is 0 Å². The minimum atomic E-state index is -0.315. The summed E-state index contributed by atoms with van der Waals surface area (Å²) in [5.74, 6) is 0.432. The van der Waals surface area contributed by atoms with Crippen molar-refractivity contribution in [2.24, 2.45) is 0 Å². The van der Waals surface area contributed by atoms with Crippen LogP contribution in [0, 0.1) is 20.8 Å². The predicted octanol–water partition coefficient (Wildman–Crippen LogP) is 4.68. The van der Waals surface area contributed by atoms with Gasteiger partial charge in [-0.05, 0) is 74.0 Å². The zero-order valence-electron chi connectivity index (χ0n) is 17.6. The number of amides is 1. The maximum absolute atomic E-state index is 12.0. The maximum atomic E-state index is 12.0. The summed E-state index contributed by atoms with van der Waals surface area (Å²) in [5, 5.41) is 6.40. The lowest BCUT2D eigenvalue weighted by Gasteiger charge is -2.13. The molecule has 0 spiro atoms. The number of aryl methyl sites for hydroxylation is 2. The van der Waals surface area contributed by atoms with Crippen LogP contribution in [0.4, 0.5) is 5.69 Å². The van der Waals surface area contributed by atoms with E-state index in [1.165, 1.54) is 6.08 Å². The topological polar surface area (TPSA) is 75.3 Å². The van der Waals surface area contributed by atoms with Crippen LogP contribution < -0.4 is 20.9 Å². The molecule has 3 aromatic rings. The molecule has 31 heavy (non-hydrogen) atoms. The highest BCUT2D eigenvalue weighted by atomic mass is 32.1. The molecule has 3 rings (SSSR count). The Morgan fingerprint density at radius 2 is 1.90 bits per heavy atom. The Hall–Kier alpha value is -3.23. The Morgan fingerprint density at radius 1 is 1.13 bits per heavy atom. The smallest absolute Gasteiger partial charge is 0.262 e. The van der Waals surface area contributed by atoms with E-state index in [1.807, 2.05) is 68.6 Å². The Bertz CT molecular complexity index is 1090. The Kier molecular flexibility index (Phi) is 7.75. The van der Waals surface area contributed by atoms with E-state index >= 15 is 0 Å². The van der Waals surface area contributed by atoms with Crippen molar-refractivity contribution in [2.45, 2.75) is 27.4 Å². The zero-order chi connectivity index (χ0) is 22.2. The Morgan fingerprint density at radius 3 is 2.61 bits per heavy atom. The van der Waals surface area contributed by atoms with E-state index in [-0.39, 0.29) is 5.91 Å². The summed E-state index contributed by atoms with van der Waals surface area (Å²) in [4.78, 5) is 16.4. The van der Waals surface area contributed by atoms with Crippen molar-refractivity contribution in [2.75, 3.05) is 5.32 Å². The summed E-state index contributed by atoms with van der Waals surface area (Å²) in [7, 11) is 0. The molecule has 0 aliphatic heterocycles. The van der Waals surface area contributed by atoms with Crippen molar-refractivity contribution in [1.82, 2.24) is 15.8 Å². The molecule has 3 N–H and O–H groups in total. The monoisotopic (exact) mass is 452 g/mol. The number of hydrogen-bond acceptors (Lipinski definition) is 5. The maximum Gasteiger partial charge on any atom is 0.262 e. The second kappa shape index (κ2) is 10.7. The van der Waals surface area contributed by atoms with Crippen molar-refractivity contribution in [1.29, 1.82) is 0 Å². The first-order valence-corrected chi connectivity index (χ1v) is 10.9. The third kappa shape index (κ3) is 6.91. The van der Waals surface area contributed by atoms with Gasteiger partial charge in [0.15, 0.2) is 5.11 Å². The quantitative estimate of drug-likeness (QED) is 0.287. The molecule has 0 fully saturated rings. The number of nitrogens with zero attached hydrogens (tertiary/aromatic N) is 1. The molecule has 2 aromatic carbocycles. The van der Waals surface area contributed by atoms with E-state index in [9.17, 15) is 4.79 Å². The van der Waals surface area contributed by atoms with Gasteiger partial charge in [-0.1, -0.05) is 24.3 Å². The van der Waals surface area contributed by atoms with Crippen molar-refractivity contribution < 1.29 is 9.53 Å². The number of aromatic nitrogens is 1. The van der Waals surface area contributed by atoms with Gasteiger partial charge in [-0.2, -0.15) is 0 Å². The summed E-state index contributed by atoms with van der Waals surface area (Å²) in [5.41, 5.74) is 10.2. The minimum absolute atomic E-state index is 0.312. The van der Waals surface area contributed by atoms with Gasteiger partial charge in [-0.25, -0.2) is 4.98 Å². The van der Waals surface area contributed by atoms with Crippen molar-refractivity contribution in [3.63, 3.8) is 0 Å². The SMILES string of the molecule is Cc1nc(COc2ccc(/C=C/C(=O)NNC(=S)Nc3cccc(C)c3C)cc2)cs1. The predicted molar refractivity (Wildman–Crippen MR) is 130 cm³/mol. The number of benzene rings is 2. The zero-order valence-corrected chi connectivity index (χ0v) is 19.2. The largest absolute Gasteiger partial charge is 0.487 e. The number of carbonyl (C=O) groups excluding carboxylic acids is 1. The summed E-state index contributed by atoms with van der Waals surface area (Å²) in [6, 6.07) is 13.4. The number of anilines is 1. The van der Waals surface area contributed by atoms with Gasteiger partial charge in [-0.3, -0.25) is 15.6 Å². The second-order valence-electron chi connectivity index (χ2n) is 6.86. The molecular formula is C23H24N4O2S2. The molecule has 0 saturated carbocycles. The van der Waals surface area contributed by atoms with E-state index in [1.54, 1.807) is 17.4 Å². The van der Waals surface area contributed by atoms with E-state index in [4.69, 9.17) is 17.0 Å². The molecule has 0 radical (unpaired) electrons. The van der Waals surface area contributed by atoms with Gasteiger partial charge >= 0.3 is 0 Å². The molecule has 1 aromatic heterocycles. The van der Waals surface area contributed by atoms with Crippen LogP contribution >= 0.6 is 23.6 Å². The molecule has 1 heterocycles. The first kappa shape index (κ1) is 22.5. The van der Waals surface area contributed by atoms with Gasteiger partial charge in [0, 0.05) is 17.1 Å². The van der Waals surface area contributed by atoms with Crippen LogP contribution in [0.3, 0.4) is 0 Å². The van der Waals surface area contributed by atoms with Crippen LogP contribution in [0.15, 0.2) is 53.9 Å². The summed E-state index contributed by atoms with van der Waals surface area (Å²) in [6.07, 6.45) is 3.15. The van der Waals surface area contributed by atoms with E-state index in [2.05, 4.69) is 21.2 Å². The lowest BCUT2D eigenvalue weighted by Crippen LogP contribution is -2.43. The molecule has 6 nitrogen and oxygen atoms in total. The van der Waals surface area contributed by atoms with Gasteiger partial charge in [0.25, 0.3) is 5.91 Å². The summed E-state index contributed by atoms with van der Waals surface area (Å²) >= 11 is 6.83. The molecule has 0 unspecified atom stereocenters. The fourth-order valence-electron chi connectivity index (χ4n) is 2.68. The van der Waals surface area contributed by atoms with Gasteiger partial charge in [0.1, 0.15) is 12.4 Å². The molecule has 160 valence electrons. The molecule has 0 atom stereocenters. The van der Waals surface area contributed by atoms with Crippen LogP contribution in [0.5, 0.6) is 5.75 Å². The van der Waals surface area contributed by atoms with E-state index < -0.39 is 0 Å². The standard InChI is InChI=1S/C23H24N4O2S2/c1-15-5-4-6-21(16(15)2)25-23(30)27-26-22(28)12-9-18-7-10-20(11-8-18)29-13-19-14-31-17(3)24-19/h4-12,14H,13H2,1-3H3,(H,26,28)(H2,25,27,30)/b12-9+. The third-order valence-electron chi connectivity index (χ3n) is 4.51. The van der Waals surface area contributed by atoms with E-state index in [0.717, 1.165) is 38.8 Å². The molecule has 0 saturated heterocycles. The van der Waals surface area contributed by atoms with Crippen LogP contribution in [0.1, 0.15) is 27.4 Å². The fourth-order valence-corrected chi connectivity index (χ4v) is 3.44. The fraction of sp³-hybridized carbons (Fsp3) is 0.174. The first-order valence-electron chi connectivity index (χ1n) is 9.66. The Balaban J connectivity index is 1.43. The number of rotatable bonds is 6. The van der Waals surface area contributed by atoms with Crippen LogP contribution in [0.25, 0.3) is 6.08 Å². The first-order chi connectivity index (χ1) is 14.9. The normalized spacial score (nSPS) is 10.7. The minimum Gasteiger partial charge on any atom is -0.487 e. The third-order valence-corrected chi connectivity index (χ3v) is 5.54. The number of ether oxygens (including phenoxy) is 1. The molecule has 0 bridgehead atoms. The van der Waals surface area contributed by atoms with Crippen molar-refractivity contribution in [3.8, 4) is 5.75 Å². The number of carbonyl (C=O) groups is 1. The Labute approximate surface area is 191 Å². The molecule has 8 heteroatoms. The van der Waals surface area contributed by atoms with Crippen molar-refractivity contribution in [3.05, 3.63) is 81.3 Å². The molecular weight excluding hydrogens is 428 g/mol. The number of nitrogens with one attached hydrogen (secondary N) is 3. The number of hydrogen-bond donors (Lipinski definition) is 3. The molecule has 0 aliphatic rings. The summed E-state index contributed by atoms with van der Waals surface area (Å²) < 4.78 is 5.72. The number of hydrazine groups is 1. The average molecular weight is 453 g/mol. The lowest BCUT2D eigenvalue weighted by atomic mass is 10.1. The number of thiazole rings is 1. The van der Waals surface area contributed by atoms with Gasteiger partial charge in [-0.15, -0.1) is 11.3 Å².